The minimum absolute atomic E-state index is 0.141. The first-order valence-electron chi connectivity index (χ1n) is 5.25. The summed E-state index contributed by atoms with van der Waals surface area (Å²) in [6, 6.07) is 7.68. The molecule has 1 aromatic carbocycles. The van der Waals surface area contributed by atoms with Gasteiger partial charge in [-0.05, 0) is 36.8 Å². The zero-order valence-electron chi connectivity index (χ0n) is 8.98. The van der Waals surface area contributed by atoms with Crippen molar-refractivity contribution < 1.29 is 0 Å². The molecular formula is C14H14N2. The Bertz CT molecular complexity index is 484. The summed E-state index contributed by atoms with van der Waals surface area (Å²) in [5.41, 5.74) is 14.1. The highest BCUT2D eigenvalue weighted by Crippen LogP contribution is 2.09. The summed E-state index contributed by atoms with van der Waals surface area (Å²) in [5.74, 6) is 6.20. The van der Waals surface area contributed by atoms with Gasteiger partial charge in [0.05, 0.1) is 0 Å². The first kappa shape index (κ1) is 10.5. The largest absolute Gasteiger partial charge is 0.399 e. The molecule has 80 valence electrons. The molecule has 0 saturated carbocycles. The second-order valence-electron chi connectivity index (χ2n) is 3.79. The molecule has 0 heterocycles. The van der Waals surface area contributed by atoms with E-state index in [2.05, 4.69) is 17.9 Å². The van der Waals surface area contributed by atoms with Crippen molar-refractivity contribution in [3.8, 4) is 11.8 Å². The van der Waals surface area contributed by atoms with Crippen molar-refractivity contribution in [3.05, 3.63) is 53.6 Å². The second kappa shape index (κ2) is 4.69. The molecule has 0 spiro atoms. The number of hydrogen-bond acceptors (Lipinski definition) is 2. The molecule has 2 heteroatoms. The van der Waals surface area contributed by atoms with Crippen molar-refractivity contribution in [3.63, 3.8) is 0 Å². The van der Waals surface area contributed by atoms with Gasteiger partial charge in [-0.1, -0.05) is 24.0 Å². The SMILES string of the molecule is Nc1ccc(C#CC2=CCC(N)C=C2)cc1. The number of allylic oxidation sites excluding steroid dienone is 2. The third-order valence-corrected chi connectivity index (χ3v) is 2.39. The lowest BCUT2D eigenvalue weighted by atomic mass is 10.0. The maximum Gasteiger partial charge on any atom is 0.0314 e. The topological polar surface area (TPSA) is 52.0 Å². The molecule has 0 radical (unpaired) electrons. The number of nitrogen functional groups attached to an aromatic ring is 1. The van der Waals surface area contributed by atoms with E-state index in [1.165, 1.54) is 0 Å². The van der Waals surface area contributed by atoms with Crippen LogP contribution in [0.25, 0.3) is 0 Å². The Hall–Kier alpha value is -1.98. The van der Waals surface area contributed by atoms with Crippen molar-refractivity contribution >= 4 is 5.69 Å². The van der Waals surface area contributed by atoms with Crippen LogP contribution < -0.4 is 11.5 Å². The van der Waals surface area contributed by atoms with Gasteiger partial charge in [-0.3, -0.25) is 0 Å². The first-order valence-corrected chi connectivity index (χ1v) is 5.25. The van der Waals surface area contributed by atoms with E-state index in [1.54, 1.807) is 0 Å². The van der Waals surface area contributed by atoms with Gasteiger partial charge in [-0.15, -0.1) is 0 Å². The monoisotopic (exact) mass is 210 g/mol. The summed E-state index contributed by atoms with van der Waals surface area (Å²) in [6.07, 6.45) is 6.88. The predicted molar refractivity (Wildman–Crippen MR) is 67.5 cm³/mol. The fraction of sp³-hybridized carbons (Fsp3) is 0.143. The highest BCUT2D eigenvalue weighted by atomic mass is 14.6. The molecule has 16 heavy (non-hydrogen) atoms. The second-order valence-corrected chi connectivity index (χ2v) is 3.79. The Labute approximate surface area is 95.6 Å². The lowest BCUT2D eigenvalue weighted by Crippen LogP contribution is -2.17. The highest BCUT2D eigenvalue weighted by molar-refractivity contribution is 5.49. The summed E-state index contributed by atoms with van der Waals surface area (Å²) < 4.78 is 0. The summed E-state index contributed by atoms with van der Waals surface area (Å²) >= 11 is 0. The number of anilines is 1. The molecule has 4 N–H and O–H groups in total. The number of rotatable bonds is 0. The maximum atomic E-state index is 5.73. The van der Waals surface area contributed by atoms with Gasteiger partial charge in [0.25, 0.3) is 0 Å². The van der Waals surface area contributed by atoms with Gasteiger partial charge < -0.3 is 11.5 Å². The van der Waals surface area contributed by atoms with E-state index in [4.69, 9.17) is 11.5 Å². The van der Waals surface area contributed by atoms with Gasteiger partial charge in [-0.25, -0.2) is 0 Å². The normalized spacial score (nSPS) is 18.6. The minimum atomic E-state index is 0.141. The molecule has 2 rings (SSSR count). The quantitative estimate of drug-likeness (QED) is 0.507. The highest BCUT2D eigenvalue weighted by Gasteiger charge is 2.00. The molecule has 1 aliphatic carbocycles. The Morgan fingerprint density at radius 2 is 1.88 bits per heavy atom. The molecule has 2 nitrogen and oxygen atoms in total. The molecule has 0 aliphatic heterocycles. The molecule has 0 amide bonds. The zero-order chi connectivity index (χ0) is 11.4. The Morgan fingerprint density at radius 1 is 1.12 bits per heavy atom. The third kappa shape index (κ3) is 2.75. The van der Waals surface area contributed by atoms with Crippen LogP contribution in [0.2, 0.25) is 0 Å². The van der Waals surface area contributed by atoms with E-state index < -0.39 is 0 Å². The standard InChI is InChI=1S/C14H14N2/c15-13-7-3-11(4-8-13)1-2-12-5-9-14(16)10-6-12/h3-9,14H,10,15-16H2. The van der Waals surface area contributed by atoms with Gasteiger partial charge in [0, 0.05) is 22.9 Å². The van der Waals surface area contributed by atoms with Crippen LogP contribution in [0.4, 0.5) is 5.69 Å². The Balaban J connectivity index is 2.11. The van der Waals surface area contributed by atoms with Crippen LogP contribution in [0.1, 0.15) is 12.0 Å². The number of nitrogens with two attached hydrogens (primary N) is 2. The van der Waals surface area contributed by atoms with Crippen LogP contribution in [0.5, 0.6) is 0 Å². The number of benzene rings is 1. The molecule has 0 aromatic heterocycles. The van der Waals surface area contributed by atoms with E-state index >= 15 is 0 Å². The van der Waals surface area contributed by atoms with Gasteiger partial charge in [0.2, 0.25) is 0 Å². The molecule has 0 bridgehead atoms. The van der Waals surface area contributed by atoms with Crippen LogP contribution in [0, 0.1) is 11.8 Å². The van der Waals surface area contributed by atoms with Crippen molar-refractivity contribution in [2.75, 3.05) is 5.73 Å². The van der Waals surface area contributed by atoms with Crippen molar-refractivity contribution in [2.24, 2.45) is 5.73 Å². The van der Waals surface area contributed by atoms with Crippen molar-refractivity contribution in [1.29, 1.82) is 0 Å². The lowest BCUT2D eigenvalue weighted by molar-refractivity contribution is 0.822. The molecule has 1 aliphatic rings. The van der Waals surface area contributed by atoms with E-state index in [1.807, 2.05) is 36.4 Å². The average molecular weight is 210 g/mol. The van der Waals surface area contributed by atoms with Gasteiger partial charge in [0.15, 0.2) is 0 Å². The van der Waals surface area contributed by atoms with Gasteiger partial charge in [0.1, 0.15) is 0 Å². The summed E-state index contributed by atoms with van der Waals surface area (Å²) in [7, 11) is 0. The van der Waals surface area contributed by atoms with Crippen molar-refractivity contribution in [1.82, 2.24) is 0 Å². The zero-order valence-corrected chi connectivity index (χ0v) is 8.98. The van der Waals surface area contributed by atoms with Crippen LogP contribution >= 0.6 is 0 Å². The van der Waals surface area contributed by atoms with Crippen LogP contribution in [-0.2, 0) is 0 Å². The van der Waals surface area contributed by atoms with E-state index in [-0.39, 0.29) is 6.04 Å². The molecular weight excluding hydrogens is 196 g/mol. The van der Waals surface area contributed by atoms with Gasteiger partial charge >= 0.3 is 0 Å². The first-order chi connectivity index (χ1) is 7.74. The average Bonchev–Trinajstić information content (AvgIpc) is 2.30. The summed E-state index contributed by atoms with van der Waals surface area (Å²) in [5, 5.41) is 0. The maximum absolute atomic E-state index is 5.73. The fourth-order valence-corrected chi connectivity index (χ4v) is 1.44. The van der Waals surface area contributed by atoms with Gasteiger partial charge in [-0.2, -0.15) is 0 Å². The summed E-state index contributed by atoms with van der Waals surface area (Å²) in [4.78, 5) is 0. The Morgan fingerprint density at radius 3 is 2.50 bits per heavy atom. The molecule has 0 saturated heterocycles. The smallest absolute Gasteiger partial charge is 0.0314 e. The molecule has 1 atom stereocenters. The third-order valence-electron chi connectivity index (χ3n) is 2.39. The van der Waals surface area contributed by atoms with E-state index in [0.29, 0.717) is 0 Å². The molecule has 1 aromatic rings. The molecule has 0 fully saturated rings. The van der Waals surface area contributed by atoms with Crippen molar-refractivity contribution in [2.45, 2.75) is 12.5 Å². The predicted octanol–water partition coefficient (Wildman–Crippen LogP) is 1.83. The minimum Gasteiger partial charge on any atom is -0.399 e. The van der Waals surface area contributed by atoms with Crippen LogP contribution in [0.3, 0.4) is 0 Å². The fourth-order valence-electron chi connectivity index (χ4n) is 1.44. The van der Waals surface area contributed by atoms with Crippen LogP contribution in [0.15, 0.2) is 48.1 Å². The number of hydrogen-bond donors (Lipinski definition) is 2. The van der Waals surface area contributed by atoms with E-state index in [0.717, 1.165) is 23.2 Å². The van der Waals surface area contributed by atoms with E-state index in [9.17, 15) is 0 Å². The van der Waals surface area contributed by atoms with Crippen LogP contribution in [-0.4, -0.2) is 6.04 Å². The molecule has 1 unspecified atom stereocenters. The lowest BCUT2D eigenvalue weighted by Gasteiger charge is -2.06. The summed E-state index contributed by atoms with van der Waals surface area (Å²) in [6.45, 7) is 0. The Kier molecular flexibility index (Phi) is 3.09.